The van der Waals surface area contributed by atoms with E-state index >= 15 is 0 Å². The van der Waals surface area contributed by atoms with E-state index in [4.69, 9.17) is 15.3 Å². The van der Waals surface area contributed by atoms with Gasteiger partial charge in [0, 0.05) is 19.6 Å². The summed E-state index contributed by atoms with van der Waals surface area (Å²) in [7, 11) is 0. The summed E-state index contributed by atoms with van der Waals surface area (Å²) in [5.74, 6) is -2.48. The molecule has 10 heteroatoms. The smallest absolute Gasteiger partial charge is 0.480 e. The minimum absolute atomic E-state index is 0. The Morgan fingerprint density at radius 3 is 0.865 bits per heavy atom. The van der Waals surface area contributed by atoms with Crippen LogP contribution in [0, 0.1) is 0 Å². The van der Waals surface area contributed by atoms with Gasteiger partial charge in [0.1, 0.15) is 0 Å². The van der Waals surface area contributed by atoms with E-state index in [9.17, 15) is 14.4 Å². The van der Waals surface area contributed by atoms with Crippen LogP contribution in [0.15, 0.2) is 91.0 Å². The van der Waals surface area contributed by atoms with Gasteiger partial charge in [0.05, 0.1) is 19.6 Å². The van der Waals surface area contributed by atoms with Crippen LogP contribution in [0.25, 0.3) is 0 Å². The van der Waals surface area contributed by atoms with Crippen molar-refractivity contribution in [2.24, 2.45) is 0 Å². The van der Waals surface area contributed by atoms with Gasteiger partial charge in [0.15, 0.2) is 0 Å². The van der Waals surface area contributed by atoms with Crippen molar-refractivity contribution in [3.8, 4) is 0 Å². The Morgan fingerprint density at radius 1 is 0.459 bits per heavy atom. The topological polar surface area (TPSA) is 148 Å². The first-order chi connectivity index (χ1) is 17.4. The summed E-state index contributed by atoms with van der Waals surface area (Å²) in [5.41, 5.74) is 3.29. The fourth-order valence-electron chi connectivity index (χ4n) is 2.73. The van der Waals surface area contributed by atoms with Crippen LogP contribution in [-0.2, 0) is 51.1 Å². The van der Waals surface area contributed by atoms with E-state index in [1.165, 1.54) is 0 Å². The van der Waals surface area contributed by atoms with Crippen LogP contribution in [-0.4, -0.2) is 52.9 Å². The zero-order valence-electron chi connectivity index (χ0n) is 20.3. The molecular weight excluding hydrogens is 518 g/mol. The van der Waals surface area contributed by atoms with Crippen molar-refractivity contribution in [3.63, 3.8) is 0 Å². The van der Waals surface area contributed by atoms with E-state index in [0.717, 1.165) is 16.7 Å². The van der Waals surface area contributed by atoms with Crippen molar-refractivity contribution in [1.82, 2.24) is 16.0 Å². The predicted octanol–water partition coefficient (Wildman–Crippen LogP) is 2.58. The van der Waals surface area contributed by atoms with Crippen molar-refractivity contribution in [3.05, 3.63) is 108 Å². The molecule has 9 nitrogen and oxygen atoms in total. The number of carbonyl (C=O) groups is 3. The van der Waals surface area contributed by atoms with Crippen molar-refractivity contribution in [2.75, 3.05) is 19.6 Å². The third-order valence-electron chi connectivity index (χ3n) is 4.34. The Labute approximate surface area is 227 Å². The minimum Gasteiger partial charge on any atom is -0.480 e. The first-order valence-corrected chi connectivity index (χ1v) is 11.3. The zero-order chi connectivity index (χ0) is 26.4. The molecule has 0 aliphatic carbocycles. The monoisotopic (exact) mass is 551 g/mol. The Hall–Kier alpha value is -3.53. The third kappa shape index (κ3) is 20.4. The molecule has 0 saturated carbocycles. The average molecular weight is 551 g/mol. The summed E-state index contributed by atoms with van der Waals surface area (Å²) in [6.45, 7) is 1.84. The third-order valence-corrected chi connectivity index (χ3v) is 4.34. The maximum atomic E-state index is 10.1. The Balaban J connectivity index is 0.000000518. The molecular formula is C27H33FeN3O6+3. The SMILES string of the molecule is O=C(O)CNCc1ccccc1.O=C(O)CNCc1ccccc1.O=C(O)CNCc1ccccc1.[Fe+3]. The second-order valence-electron chi connectivity index (χ2n) is 7.45. The summed E-state index contributed by atoms with van der Waals surface area (Å²) in [6, 6.07) is 29.1. The van der Waals surface area contributed by atoms with Crippen LogP contribution in [0.4, 0.5) is 0 Å². The maximum Gasteiger partial charge on any atom is 3.00 e. The molecule has 37 heavy (non-hydrogen) atoms. The molecule has 0 atom stereocenters. The van der Waals surface area contributed by atoms with Crippen molar-refractivity contribution >= 4 is 17.9 Å². The number of benzene rings is 3. The molecule has 3 rings (SSSR count). The molecule has 0 bridgehead atoms. The van der Waals surface area contributed by atoms with Crippen LogP contribution in [0.5, 0.6) is 0 Å². The van der Waals surface area contributed by atoms with Crippen LogP contribution in [0.2, 0.25) is 0 Å². The van der Waals surface area contributed by atoms with Gasteiger partial charge in [0.2, 0.25) is 0 Å². The fraction of sp³-hybridized carbons (Fsp3) is 0.222. The number of carboxylic acids is 3. The van der Waals surface area contributed by atoms with E-state index in [-0.39, 0.29) is 36.7 Å². The Morgan fingerprint density at radius 2 is 0.676 bits per heavy atom. The average Bonchev–Trinajstić information content (AvgIpc) is 2.86. The van der Waals surface area contributed by atoms with Crippen LogP contribution in [0.1, 0.15) is 16.7 Å². The zero-order valence-corrected chi connectivity index (χ0v) is 21.4. The number of nitrogens with one attached hydrogen (secondary N) is 3. The number of hydrogen-bond acceptors (Lipinski definition) is 6. The molecule has 6 N–H and O–H groups in total. The molecule has 3 aromatic carbocycles. The first kappa shape index (κ1) is 33.5. The normalized spacial score (nSPS) is 9.41. The van der Waals surface area contributed by atoms with Gasteiger partial charge >= 0.3 is 35.0 Å². The van der Waals surface area contributed by atoms with Gasteiger partial charge in [-0.05, 0) is 16.7 Å². The van der Waals surface area contributed by atoms with Crippen molar-refractivity contribution in [2.45, 2.75) is 19.6 Å². The van der Waals surface area contributed by atoms with E-state index in [0.29, 0.717) is 19.6 Å². The molecule has 1 radical (unpaired) electrons. The van der Waals surface area contributed by atoms with E-state index in [1.54, 1.807) is 0 Å². The first-order valence-electron chi connectivity index (χ1n) is 11.3. The van der Waals surface area contributed by atoms with Crippen LogP contribution >= 0.6 is 0 Å². The molecule has 0 aliphatic heterocycles. The molecule has 0 unspecified atom stereocenters. The van der Waals surface area contributed by atoms with E-state index in [1.807, 2.05) is 91.0 Å². The number of carboxylic acid groups (broad SMARTS) is 3. The molecule has 0 heterocycles. The molecule has 0 aromatic heterocycles. The summed E-state index contributed by atoms with van der Waals surface area (Å²) in [6.07, 6.45) is 0. The minimum atomic E-state index is -0.828. The summed E-state index contributed by atoms with van der Waals surface area (Å²) in [5, 5.41) is 33.4. The van der Waals surface area contributed by atoms with E-state index in [2.05, 4.69) is 16.0 Å². The number of hydrogen-bond donors (Lipinski definition) is 6. The van der Waals surface area contributed by atoms with Crippen LogP contribution < -0.4 is 16.0 Å². The second kappa shape index (κ2) is 21.7. The van der Waals surface area contributed by atoms with Crippen LogP contribution in [0.3, 0.4) is 0 Å². The molecule has 197 valence electrons. The van der Waals surface area contributed by atoms with Gasteiger partial charge < -0.3 is 31.3 Å². The predicted molar refractivity (Wildman–Crippen MR) is 137 cm³/mol. The van der Waals surface area contributed by atoms with Gasteiger partial charge in [-0.1, -0.05) is 91.0 Å². The standard InChI is InChI=1S/3C9H11NO2.Fe/c3*11-9(12)7-10-6-8-4-2-1-3-5-8;/h3*1-5,10H,6-7H2,(H,11,12);/q;;;+3. The van der Waals surface area contributed by atoms with Crippen molar-refractivity contribution < 1.29 is 46.8 Å². The summed E-state index contributed by atoms with van der Waals surface area (Å²) >= 11 is 0. The fourth-order valence-corrected chi connectivity index (χ4v) is 2.73. The van der Waals surface area contributed by atoms with Crippen molar-refractivity contribution in [1.29, 1.82) is 0 Å². The van der Waals surface area contributed by atoms with Gasteiger partial charge in [-0.2, -0.15) is 0 Å². The van der Waals surface area contributed by atoms with Gasteiger partial charge in [0.25, 0.3) is 0 Å². The molecule has 3 aromatic rings. The van der Waals surface area contributed by atoms with Gasteiger partial charge in [-0.25, -0.2) is 0 Å². The molecule has 0 saturated heterocycles. The summed E-state index contributed by atoms with van der Waals surface area (Å²) < 4.78 is 0. The van der Waals surface area contributed by atoms with Gasteiger partial charge in [-0.3, -0.25) is 14.4 Å². The maximum absolute atomic E-state index is 10.1. The largest absolute Gasteiger partial charge is 3.00 e. The summed E-state index contributed by atoms with van der Waals surface area (Å²) in [4.78, 5) is 30.4. The second-order valence-corrected chi connectivity index (χ2v) is 7.45. The quantitative estimate of drug-likeness (QED) is 0.187. The number of aliphatic carboxylic acids is 3. The molecule has 0 aliphatic rings. The Kier molecular flexibility index (Phi) is 19.7. The van der Waals surface area contributed by atoms with E-state index < -0.39 is 17.9 Å². The van der Waals surface area contributed by atoms with Gasteiger partial charge in [-0.15, -0.1) is 0 Å². The number of rotatable bonds is 12. The Bertz CT molecular complexity index is 876. The molecule has 0 fully saturated rings. The molecule has 0 spiro atoms. The molecule has 0 amide bonds.